The molecule has 0 saturated heterocycles. The minimum absolute atomic E-state index is 0.00385. The number of aromatic carboxylic acids is 1. The van der Waals surface area contributed by atoms with Crippen LogP contribution < -0.4 is 9.44 Å². The van der Waals surface area contributed by atoms with Crippen LogP contribution in [0.25, 0.3) is 0 Å². The third kappa shape index (κ3) is 5.13. The Morgan fingerprint density at radius 1 is 0.935 bits per heavy atom. The van der Waals surface area contributed by atoms with Crippen molar-refractivity contribution in [2.75, 3.05) is 9.44 Å². The fraction of sp³-hybridized carbons (Fsp3) is 0.0556. The summed E-state index contributed by atoms with van der Waals surface area (Å²) in [6.45, 7) is 1.46. The maximum Gasteiger partial charge on any atom is 0.335 e. The highest BCUT2D eigenvalue weighted by Crippen LogP contribution is 2.35. The smallest absolute Gasteiger partial charge is 0.335 e. The zero-order chi connectivity index (χ0) is 23.0. The molecule has 0 aliphatic carbocycles. The van der Waals surface area contributed by atoms with Gasteiger partial charge in [0.15, 0.2) is 0 Å². The molecular weight excluding hydrogens is 507 g/mol. The van der Waals surface area contributed by atoms with Gasteiger partial charge in [-0.15, -0.1) is 11.3 Å². The molecule has 2 aromatic carbocycles. The number of hydrogen-bond acceptors (Lipinski definition) is 6. The molecule has 1 aromatic heterocycles. The summed E-state index contributed by atoms with van der Waals surface area (Å²) in [6.07, 6.45) is 0. The lowest BCUT2D eigenvalue weighted by Gasteiger charge is -2.16. The molecule has 0 unspecified atom stereocenters. The number of sulfonamides is 2. The van der Waals surface area contributed by atoms with Gasteiger partial charge in [0, 0.05) is 0 Å². The van der Waals surface area contributed by atoms with E-state index in [0.717, 1.165) is 17.4 Å². The van der Waals surface area contributed by atoms with Crippen LogP contribution in [0.15, 0.2) is 56.9 Å². The Kier molecular flexibility index (Phi) is 6.53. The molecule has 13 heteroatoms. The molecule has 164 valence electrons. The lowest BCUT2D eigenvalue weighted by Crippen LogP contribution is -2.17. The third-order valence-electron chi connectivity index (χ3n) is 4.05. The van der Waals surface area contributed by atoms with Crippen LogP contribution >= 0.6 is 34.5 Å². The highest BCUT2D eigenvalue weighted by molar-refractivity contribution is 7.94. The van der Waals surface area contributed by atoms with E-state index in [0.29, 0.717) is 0 Å². The SMILES string of the molecule is Cc1cc(S(=O)(=O)Nc2cc(Cl)c(Cl)cc2NS(=O)(=O)c2cccs2)ccc1C(=O)O. The Morgan fingerprint density at radius 2 is 1.52 bits per heavy atom. The van der Waals surface area contributed by atoms with Crippen molar-refractivity contribution < 1.29 is 26.7 Å². The number of carboxylic acid groups (broad SMARTS) is 1. The summed E-state index contributed by atoms with van der Waals surface area (Å²) in [5.41, 5.74) is -0.0965. The normalized spacial score (nSPS) is 11.8. The average molecular weight is 521 g/mol. The number of benzene rings is 2. The van der Waals surface area contributed by atoms with Crippen molar-refractivity contribution in [1.82, 2.24) is 0 Å². The summed E-state index contributed by atoms with van der Waals surface area (Å²) >= 11 is 13.0. The molecule has 0 spiro atoms. The van der Waals surface area contributed by atoms with Crippen molar-refractivity contribution in [3.8, 4) is 0 Å². The predicted molar refractivity (Wildman–Crippen MR) is 121 cm³/mol. The van der Waals surface area contributed by atoms with Gasteiger partial charge in [-0.2, -0.15) is 0 Å². The molecular formula is C18H14Cl2N2O6S3. The number of thiophene rings is 1. The molecule has 3 N–H and O–H groups in total. The summed E-state index contributed by atoms with van der Waals surface area (Å²) in [6, 6.07) is 8.80. The molecule has 1 heterocycles. The van der Waals surface area contributed by atoms with Crippen LogP contribution in [0.4, 0.5) is 11.4 Å². The number of anilines is 2. The van der Waals surface area contributed by atoms with Gasteiger partial charge in [-0.3, -0.25) is 9.44 Å². The van der Waals surface area contributed by atoms with Crippen molar-refractivity contribution in [1.29, 1.82) is 0 Å². The van der Waals surface area contributed by atoms with E-state index >= 15 is 0 Å². The zero-order valence-electron chi connectivity index (χ0n) is 15.6. The molecule has 31 heavy (non-hydrogen) atoms. The molecule has 8 nitrogen and oxygen atoms in total. The van der Waals surface area contributed by atoms with E-state index in [-0.39, 0.29) is 41.7 Å². The van der Waals surface area contributed by atoms with E-state index < -0.39 is 26.0 Å². The molecule has 0 atom stereocenters. The Labute approximate surface area is 192 Å². The number of hydrogen-bond donors (Lipinski definition) is 3. The topological polar surface area (TPSA) is 130 Å². The number of halogens is 2. The fourth-order valence-electron chi connectivity index (χ4n) is 2.57. The molecule has 0 amide bonds. The second-order valence-corrected chi connectivity index (χ2v) is 11.6. The van der Waals surface area contributed by atoms with Crippen molar-refractivity contribution >= 4 is 71.9 Å². The number of rotatable bonds is 7. The molecule has 0 bridgehead atoms. The lowest BCUT2D eigenvalue weighted by molar-refractivity contribution is 0.0696. The predicted octanol–water partition coefficient (Wildman–Crippen LogP) is 4.66. The van der Waals surface area contributed by atoms with Crippen LogP contribution in [0.5, 0.6) is 0 Å². The Bertz CT molecular complexity index is 1370. The van der Waals surface area contributed by atoms with Crippen molar-refractivity contribution in [3.63, 3.8) is 0 Å². The summed E-state index contributed by atoms with van der Waals surface area (Å²) in [5.74, 6) is -1.19. The Morgan fingerprint density at radius 3 is 2.00 bits per heavy atom. The van der Waals surface area contributed by atoms with Crippen molar-refractivity contribution in [2.24, 2.45) is 0 Å². The van der Waals surface area contributed by atoms with Gasteiger partial charge < -0.3 is 5.11 Å². The average Bonchev–Trinajstić information content (AvgIpc) is 3.21. The minimum Gasteiger partial charge on any atom is -0.478 e. The van der Waals surface area contributed by atoms with Gasteiger partial charge in [-0.05, 0) is 54.3 Å². The quantitative estimate of drug-likeness (QED) is 0.415. The Balaban J connectivity index is 2.02. The second-order valence-electron chi connectivity index (χ2n) is 6.24. The highest BCUT2D eigenvalue weighted by Gasteiger charge is 2.23. The first-order valence-electron chi connectivity index (χ1n) is 8.33. The lowest BCUT2D eigenvalue weighted by atomic mass is 10.1. The first-order chi connectivity index (χ1) is 14.4. The molecule has 3 rings (SSSR count). The molecule has 0 fully saturated rings. The van der Waals surface area contributed by atoms with Gasteiger partial charge in [0.25, 0.3) is 20.0 Å². The number of carbonyl (C=O) groups is 1. The molecule has 0 aliphatic rings. The maximum absolute atomic E-state index is 12.9. The van der Waals surface area contributed by atoms with Gasteiger partial charge in [0.1, 0.15) is 4.21 Å². The molecule has 0 radical (unpaired) electrons. The standard InChI is InChI=1S/C18H14Cl2N2O6S3/c1-10-7-11(4-5-12(10)18(23)24)30(25,26)21-15-8-13(19)14(20)9-16(15)22-31(27,28)17-3-2-6-29-17/h2-9,21-22H,1H3,(H,23,24). The van der Waals surface area contributed by atoms with Gasteiger partial charge >= 0.3 is 5.97 Å². The van der Waals surface area contributed by atoms with Crippen LogP contribution in [0.2, 0.25) is 10.0 Å². The highest BCUT2D eigenvalue weighted by atomic mass is 35.5. The van der Waals surface area contributed by atoms with Crippen LogP contribution in [0.1, 0.15) is 15.9 Å². The first-order valence-corrected chi connectivity index (χ1v) is 12.9. The van der Waals surface area contributed by atoms with Gasteiger partial charge in [-0.25, -0.2) is 21.6 Å². The van der Waals surface area contributed by atoms with Crippen LogP contribution in [-0.2, 0) is 20.0 Å². The van der Waals surface area contributed by atoms with Crippen molar-refractivity contribution in [3.05, 3.63) is 69.0 Å². The first kappa shape index (κ1) is 23.4. The summed E-state index contributed by atoms with van der Waals surface area (Å²) < 4.78 is 55.5. The van der Waals surface area contributed by atoms with Crippen molar-refractivity contribution in [2.45, 2.75) is 16.0 Å². The summed E-state index contributed by atoms with van der Waals surface area (Å²) in [5, 5.41) is 10.7. The molecule has 0 saturated carbocycles. The minimum atomic E-state index is -4.22. The second kappa shape index (κ2) is 8.67. The van der Waals surface area contributed by atoms with E-state index in [1.54, 1.807) is 11.4 Å². The number of nitrogens with one attached hydrogen (secondary N) is 2. The van der Waals surface area contributed by atoms with E-state index in [2.05, 4.69) is 9.44 Å². The van der Waals surface area contributed by atoms with Gasteiger partial charge in [0.2, 0.25) is 0 Å². The van der Waals surface area contributed by atoms with Gasteiger partial charge in [-0.1, -0.05) is 29.3 Å². The summed E-state index contributed by atoms with van der Waals surface area (Å²) in [4.78, 5) is 10.9. The molecule has 0 aliphatic heterocycles. The monoisotopic (exact) mass is 520 g/mol. The van der Waals surface area contributed by atoms with Crippen LogP contribution in [-0.4, -0.2) is 27.9 Å². The Hall–Kier alpha value is -2.31. The third-order valence-corrected chi connectivity index (χ3v) is 8.90. The van der Waals surface area contributed by atoms with Crippen LogP contribution in [0, 0.1) is 6.92 Å². The number of aryl methyl sites for hydroxylation is 1. The van der Waals surface area contributed by atoms with E-state index in [4.69, 9.17) is 28.3 Å². The summed E-state index contributed by atoms with van der Waals surface area (Å²) in [7, 11) is -8.21. The van der Waals surface area contributed by atoms with Gasteiger partial charge in [0.05, 0.1) is 31.9 Å². The molecule has 3 aromatic rings. The van der Waals surface area contributed by atoms with E-state index in [1.165, 1.54) is 37.3 Å². The largest absolute Gasteiger partial charge is 0.478 e. The number of carboxylic acids is 1. The van der Waals surface area contributed by atoms with E-state index in [9.17, 15) is 21.6 Å². The zero-order valence-corrected chi connectivity index (χ0v) is 19.5. The van der Waals surface area contributed by atoms with Crippen LogP contribution in [0.3, 0.4) is 0 Å². The maximum atomic E-state index is 12.9. The fourth-order valence-corrected chi connectivity index (χ4v) is 6.12. The van der Waals surface area contributed by atoms with E-state index in [1.807, 2.05) is 0 Å².